The van der Waals surface area contributed by atoms with Crippen LogP contribution in [0.25, 0.3) is 0 Å². The summed E-state index contributed by atoms with van der Waals surface area (Å²) in [6.07, 6.45) is 0.597. The van der Waals surface area contributed by atoms with Gasteiger partial charge in [-0.3, -0.25) is 0 Å². The highest BCUT2D eigenvalue weighted by atomic mass is 16.5. The van der Waals surface area contributed by atoms with E-state index in [0.29, 0.717) is 25.4 Å². The zero-order valence-electron chi connectivity index (χ0n) is 10.3. The quantitative estimate of drug-likeness (QED) is 0.810. The highest BCUT2D eigenvalue weighted by Crippen LogP contribution is 2.12. The standard InChI is InChI=1S/C12H16N4O2/c1-10-3-2-4-11(9-10)18-8-5-12-13-15-16(14-12)6-7-17/h2-4,9,17H,5-8H2,1H3. The summed E-state index contributed by atoms with van der Waals surface area (Å²) in [6, 6.07) is 7.88. The van der Waals surface area contributed by atoms with Crippen molar-refractivity contribution >= 4 is 0 Å². The minimum absolute atomic E-state index is 0.00952. The molecule has 2 aromatic rings. The SMILES string of the molecule is Cc1cccc(OCCc2nnn(CCO)n2)c1. The summed E-state index contributed by atoms with van der Waals surface area (Å²) in [6.45, 7) is 2.91. The molecule has 1 aromatic carbocycles. The second-order valence-corrected chi connectivity index (χ2v) is 3.94. The van der Waals surface area contributed by atoms with E-state index in [1.807, 2.05) is 31.2 Å². The van der Waals surface area contributed by atoms with Gasteiger partial charge in [0, 0.05) is 6.42 Å². The second kappa shape index (κ2) is 6.11. The molecule has 0 saturated heterocycles. The van der Waals surface area contributed by atoms with Gasteiger partial charge in [0.05, 0.1) is 19.8 Å². The number of aliphatic hydroxyl groups is 1. The fourth-order valence-corrected chi connectivity index (χ4v) is 1.53. The molecule has 6 heteroatoms. The summed E-state index contributed by atoms with van der Waals surface area (Å²) < 4.78 is 5.59. The van der Waals surface area contributed by atoms with Gasteiger partial charge in [0.2, 0.25) is 0 Å². The Bertz CT molecular complexity index is 498. The fraction of sp³-hybridized carbons (Fsp3) is 0.417. The lowest BCUT2D eigenvalue weighted by atomic mass is 10.2. The van der Waals surface area contributed by atoms with E-state index in [9.17, 15) is 0 Å². The summed E-state index contributed by atoms with van der Waals surface area (Å²) in [5.74, 6) is 1.47. The first kappa shape index (κ1) is 12.5. The normalized spacial score (nSPS) is 10.6. The summed E-state index contributed by atoms with van der Waals surface area (Å²) in [4.78, 5) is 1.38. The molecule has 0 aliphatic carbocycles. The first-order valence-corrected chi connectivity index (χ1v) is 5.85. The zero-order chi connectivity index (χ0) is 12.8. The lowest BCUT2D eigenvalue weighted by Gasteiger charge is -2.04. The van der Waals surface area contributed by atoms with Crippen molar-refractivity contribution in [2.24, 2.45) is 0 Å². The van der Waals surface area contributed by atoms with Crippen molar-refractivity contribution in [2.75, 3.05) is 13.2 Å². The van der Waals surface area contributed by atoms with E-state index >= 15 is 0 Å². The summed E-state index contributed by atoms with van der Waals surface area (Å²) in [5.41, 5.74) is 1.17. The van der Waals surface area contributed by atoms with Crippen LogP contribution in [-0.4, -0.2) is 38.5 Å². The van der Waals surface area contributed by atoms with E-state index in [2.05, 4.69) is 15.4 Å². The number of benzene rings is 1. The van der Waals surface area contributed by atoms with Crippen LogP contribution in [0.4, 0.5) is 0 Å². The second-order valence-electron chi connectivity index (χ2n) is 3.94. The van der Waals surface area contributed by atoms with Crippen molar-refractivity contribution < 1.29 is 9.84 Å². The van der Waals surface area contributed by atoms with Gasteiger partial charge in [-0.25, -0.2) is 0 Å². The van der Waals surface area contributed by atoms with Gasteiger partial charge in [-0.2, -0.15) is 4.80 Å². The molecule has 0 radical (unpaired) electrons. The van der Waals surface area contributed by atoms with Gasteiger partial charge in [0.15, 0.2) is 5.82 Å². The Balaban J connectivity index is 1.81. The highest BCUT2D eigenvalue weighted by Gasteiger charge is 2.02. The average Bonchev–Trinajstić information content (AvgIpc) is 2.78. The van der Waals surface area contributed by atoms with Crippen LogP contribution in [0.1, 0.15) is 11.4 Å². The number of tetrazole rings is 1. The molecule has 2 rings (SSSR count). The molecule has 0 saturated carbocycles. The van der Waals surface area contributed by atoms with Gasteiger partial charge in [-0.15, -0.1) is 10.2 Å². The Morgan fingerprint density at radius 1 is 1.39 bits per heavy atom. The van der Waals surface area contributed by atoms with Gasteiger partial charge in [-0.05, 0) is 29.8 Å². The molecule has 0 aliphatic heterocycles. The molecule has 1 aromatic heterocycles. The molecule has 0 amide bonds. The monoisotopic (exact) mass is 248 g/mol. The van der Waals surface area contributed by atoms with Crippen LogP contribution in [0.2, 0.25) is 0 Å². The molecule has 0 aliphatic rings. The minimum atomic E-state index is 0.00952. The van der Waals surface area contributed by atoms with Crippen LogP contribution in [-0.2, 0) is 13.0 Å². The molecule has 96 valence electrons. The maximum atomic E-state index is 8.73. The Morgan fingerprint density at radius 2 is 2.28 bits per heavy atom. The molecular weight excluding hydrogens is 232 g/mol. The minimum Gasteiger partial charge on any atom is -0.493 e. The van der Waals surface area contributed by atoms with E-state index in [4.69, 9.17) is 9.84 Å². The first-order chi connectivity index (χ1) is 8.78. The zero-order valence-corrected chi connectivity index (χ0v) is 10.3. The van der Waals surface area contributed by atoms with Crippen LogP contribution < -0.4 is 4.74 Å². The topological polar surface area (TPSA) is 73.1 Å². The van der Waals surface area contributed by atoms with Crippen molar-refractivity contribution in [2.45, 2.75) is 19.9 Å². The highest BCUT2D eigenvalue weighted by molar-refractivity contribution is 5.27. The van der Waals surface area contributed by atoms with Crippen LogP contribution >= 0.6 is 0 Å². The first-order valence-electron chi connectivity index (χ1n) is 5.85. The number of aliphatic hydroxyl groups excluding tert-OH is 1. The van der Waals surface area contributed by atoms with E-state index in [0.717, 1.165) is 5.75 Å². The van der Waals surface area contributed by atoms with E-state index in [1.165, 1.54) is 10.4 Å². The maximum Gasteiger partial charge on any atom is 0.178 e. The number of nitrogens with zero attached hydrogens (tertiary/aromatic N) is 4. The van der Waals surface area contributed by atoms with Crippen LogP contribution in [0.3, 0.4) is 0 Å². The van der Waals surface area contributed by atoms with Gasteiger partial charge in [0.1, 0.15) is 5.75 Å². The van der Waals surface area contributed by atoms with Gasteiger partial charge in [0.25, 0.3) is 0 Å². The van der Waals surface area contributed by atoms with Crippen molar-refractivity contribution in [1.82, 2.24) is 20.2 Å². The molecule has 0 spiro atoms. The summed E-state index contributed by atoms with van der Waals surface area (Å²) >= 11 is 0. The predicted molar refractivity (Wildman–Crippen MR) is 65.3 cm³/mol. The third-order valence-electron chi connectivity index (χ3n) is 2.38. The van der Waals surface area contributed by atoms with Crippen molar-refractivity contribution in [3.63, 3.8) is 0 Å². The molecule has 1 N–H and O–H groups in total. The maximum absolute atomic E-state index is 8.73. The summed E-state index contributed by atoms with van der Waals surface area (Å²) in [5, 5.41) is 20.5. The van der Waals surface area contributed by atoms with Crippen LogP contribution in [0, 0.1) is 6.92 Å². The summed E-state index contributed by atoms with van der Waals surface area (Å²) in [7, 11) is 0. The Labute approximate surface area is 105 Å². The Morgan fingerprint density at radius 3 is 3.06 bits per heavy atom. The number of rotatable bonds is 6. The lowest BCUT2D eigenvalue weighted by Crippen LogP contribution is -2.07. The number of hydrogen-bond donors (Lipinski definition) is 1. The Hall–Kier alpha value is -1.95. The van der Waals surface area contributed by atoms with E-state index < -0.39 is 0 Å². The van der Waals surface area contributed by atoms with Gasteiger partial charge in [-0.1, -0.05) is 12.1 Å². The third-order valence-corrected chi connectivity index (χ3v) is 2.38. The van der Waals surface area contributed by atoms with E-state index in [1.54, 1.807) is 0 Å². The predicted octanol–water partition coefficient (Wildman–Crippen LogP) is 0.595. The molecule has 0 unspecified atom stereocenters. The fourth-order valence-electron chi connectivity index (χ4n) is 1.53. The largest absolute Gasteiger partial charge is 0.493 e. The van der Waals surface area contributed by atoms with Crippen molar-refractivity contribution in [3.8, 4) is 5.75 Å². The third kappa shape index (κ3) is 3.53. The van der Waals surface area contributed by atoms with Crippen molar-refractivity contribution in [1.29, 1.82) is 0 Å². The van der Waals surface area contributed by atoms with Crippen molar-refractivity contribution in [3.05, 3.63) is 35.7 Å². The molecule has 0 bridgehead atoms. The Kier molecular flexibility index (Phi) is 4.25. The molecule has 1 heterocycles. The average molecular weight is 248 g/mol. The molecule has 0 atom stereocenters. The molecule has 18 heavy (non-hydrogen) atoms. The lowest BCUT2D eigenvalue weighted by molar-refractivity contribution is 0.258. The molecule has 0 fully saturated rings. The van der Waals surface area contributed by atoms with Gasteiger partial charge < -0.3 is 9.84 Å². The number of aromatic nitrogens is 4. The number of aryl methyl sites for hydroxylation is 1. The number of hydrogen-bond acceptors (Lipinski definition) is 5. The number of ether oxygens (including phenoxy) is 1. The van der Waals surface area contributed by atoms with E-state index in [-0.39, 0.29) is 6.61 Å². The smallest absolute Gasteiger partial charge is 0.178 e. The van der Waals surface area contributed by atoms with Gasteiger partial charge >= 0.3 is 0 Å². The molecule has 6 nitrogen and oxygen atoms in total. The van der Waals surface area contributed by atoms with Crippen LogP contribution in [0.15, 0.2) is 24.3 Å². The van der Waals surface area contributed by atoms with Crippen LogP contribution in [0.5, 0.6) is 5.75 Å². The molecular formula is C12H16N4O2.